The molecule has 6 aromatic rings. The summed E-state index contributed by atoms with van der Waals surface area (Å²) in [6.07, 6.45) is 7.22. The number of hydrogen-bond donors (Lipinski definition) is 0. The molecular formula is C33H24N3P. The zero-order valence-corrected chi connectivity index (χ0v) is 21.0. The van der Waals surface area contributed by atoms with Crippen molar-refractivity contribution in [1.82, 2.24) is 15.0 Å². The van der Waals surface area contributed by atoms with Crippen LogP contribution in [0.3, 0.4) is 0 Å². The number of aromatic nitrogens is 3. The Balaban J connectivity index is 1.43. The van der Waals surface area contributed by atoms with E-state index < -0.39 is 7.92 Å². The van der Waals surface area contributed by atoms with Gasteiger partial charge in [-0.15, -0.1) is 0 Å². The smallest absolute Gasteiger partial charge is 0.0716 e. The van der Waals surface area contributed by atoms with Gasteiger partial charge in [-0.25, -0.2) is 4.98 Å². The van der Waals surface area contributed by atoms with Gasteiger partial charge < -0.3 is 0 Å². The average molecular weight is 494 g/mol. The van der Waals surface area contributed by atoms with Crippen molar-refractivity contribution >= 4 is 23.8 Å². The maximum Gasteiger partial charge on any atom is 0.0716 e. The molecule has 0 N–H and O–H groups in total. The molecule has 0 amide bonds. The SMILES string of the molecule is c1ccc(P(c2ccccc2)c2ccc(-c3cc(-c4ccncc4)nc(-c4ccncc4)c3)cc2)cc1. The Bertz CT molecular complexity index is 1490. The third-order valence-corrected chi connectivity index (χ3v) is 8.71. The first-order valence-electron chi connectivity index (χ1n) is 12.2. The van der Waals surface area contributed by atoms with Crippen LogP contribution in [0.5, 0.6) is 0 Å². The van der Waals surface area contributed by atoms with Crippen molar-refractivity contribution in [3.8, 4) is 33.6 Å². The van der Waals surface area contributed by atoms with Gasteiger partial charge in [0, 0.05) is 35.9 Å². The molecule has 4 heteroatoms. The normalized spacial score (nSPS) is 10.9. The number of rotatable bonds is 6. The van der Waals surface area contributed by atoms with E-state index in [9.17, 15) is 0 Å². The summed E-state index contributed by atoms with van der Waals surface area (Å²) in [4.78, 5) is 13.3. The van der Waals surface area contributed by atoms with Gasteiger partial charge in [-0.2, -0.15) is 0 Å². The lowest BCUT2D eigenvalue weighted by Crippen LogP contribution is -2.20. The molecule has 176 valence electrons. The fraction of sp³-hybridized carbons (Fsp3) is 0. The second-order valence-electron chi connectivity index (χ2n) is 8.65. The highest BCUT2D eigenvalue weighted by Crippen LogP contribution is 2.34. The molecule has 0 radical (unpaired) electrons. The molecule has 6 rings (SSSR count). The lowest BCUT2D eigenvalue weighted by atomic mass is 10.0. The van der Waals surface area contributed by atoms with Crippen LogP contribution in [-0.4, -0.2) is 15.0 Å². The first kappa shape index (κ1) is 23.0. The molecule has 0 atom stereocenters. The monoisotopic (exact) mass is 493 g/mol. The predicted octanol–water partition coefficient (Wildman–Crippen LogP) is 6.63. The molecule has 37 heavy (non-hydrogen) atoms. The van der Waals surface area contributed by atoms with Gasteiger partial charge in [-0.05, 0) is 71.4 Å². The first-order valence-corrected chi connectivity index (χ1v) is 13.5. The summed E-state index contributed by atoms with van der Waals surface area (Å²) in [6, 6.07) is 42.9. The summed E-state index contributed by atoms with van der Waals surface area (Å²) in [6.45, 7) is 0. The van der Waals surface area contributed by atoms with Crippen LogP contribution in [0.4, 0.5) is 0 Å². The van der Waals surface area contributed by atoms with Gasteiger partial charge >= 0.3 is 0 Å². The lowest BCUT2D eigenvalue weighted by Gasteiger charge is -2.19. The quantitative estimate of drug-likeness (QED) is 0.245. The second kappa shape index (κ2) is 10.7. The van der Waals surface area contributed by atoms with E-state index in [2.05, 4.69) is 107 Å². The third kappa shape index (κ3) is 5.09. The summed E-state index contributed by atoms with van der Waals surface area (Å²) >= 11 is 0. The number of pyridine rings is 3. The molecule has 0 bridgehead atoms. The van der Waals surface area contributed by atoms with E-state index in [0.717, 1.165) is 33.6 Å². The zero-order chi connectivity index (χ0) is 24.9. The lowest BCUT2D eigenvalue weighted by molar-refractivity contribution is 1.27. The highest BCUT2D eigenvalue weighted by atomic mass is 31.1. The van der Waals surface area contributed by atoms with Crippen LogP contribution in [-0.2, 0) is 0 Å². The second-order valence-corrected chi connectivity index (χ2v) is 10.9. The van der Waals surface area contributed by atoms with Crippen molar-refractivity contribution in [3.05, 3.63) is 146 Å². The molecule has 0 aliphatic heterocycles. The van der Waals surface area contributed by atoms with E-state index in [-0.39, 0.29) is 0 Å². The van der Waals surface area contributed by atoms with E-state index in [4.69, 9.17) is 4.98 Å². The molecule has 0 saturated heterocycles. The number of benzene rings is 3. The molecule has 0 spiro atoms. The number of hydrogen-bond acceptors (Lipinski definition) is 3. The van der Waals surface area contributed by atoms with Crippen LogP contribution in [0.15, 0.2) is 146 Å². The fourth-order valence-electron chi connectivity index (χ4n) is 4.44. The first-order chi connectivity index (χ1) is 18.3. The van der Waals surface area contributed by atoms with Crippen molar-refractivity contribution in [2.45, 2.75) is 0 Å². The van der Waals surface area contributed by atoms with Crippen LogP contribution in [0, 0.1) is 0 Å². The minimum absolute atomic E-state index is 0.638. The maximum atomic E-state index is 4.97. The molecule has 0 saturated carbocycles. The van der Waals surface area contributed by atoms with Crippen LogP contribution < -0.4 is 15.9 Å². The van der Waals surface area contributed by atoms with E-state index >= 15 is 0 Å². The van der Waals surface area contributed by atoms with Gasteiger partial charge in [0.15, 0.2) is 0 Å². The summed E-state index contributed by atoms with van der Waals surface area (Å²) in [5, 5.41) is 4.02. The van der Waals surface area contributed by atoms with Crippen molar-refractivity contribution in [2.24, 2.45) is 0 Å². The summed E-state index contributed by atoms with van der Waals surface area (Å²) < 4.78 is 0. The Kier molecular flexibility index (Phi) is 6.62. The minimum Gasteiger partial charge on any atom is -0.265 e. The molecule has 0 aliphatic rings. The highest BCUT2D eigenvalue weighted by Gasteiger charge is 2.16. The standard InChI is InChI=1S/C33H24N3P/c1-3-7-29(8-4-1)37(30-9-5-2-6-10-30)31-13-11-25(12-14-31)28-23-32(26-15-19-34-20-16-26)36-33(24-28)27-17-21-35-22-18-27/h1-24H. The Morgan fingerprint density at radius 2 is 0.811 bits per heavy atom. The van der Waals surface area contributed by atoms with Crippen LogP contribution in [0.2, 0.25) is 0 Å². The molecule has 3 aromatic carbocycles. The van der Waals surface area contributed by atoms with Crippen LogP contribution in [0.1, 0.15) is 0 Å². The van der Waals surface area contributed by atoms with Crippen molar-refractivity contribution < 1.29 is 0 Å². The summed E-state index contributed by atoms with van der Waals surface area (Å²) in [7, 11) is -0.638. The summed E-state index contributed by atoms with van der Waals surface area (Å²) in [5.41, 5.74) is 6.22. The van der Waals surface area contributed by atoms with Crippen LogP contribution in [0.25, 0.3) is 33.6 Å². The van der Waals surface area contributed by atoms with Crippen molar-refractivity contribution in [2.75, 3.05) is 0 Å². The van der Waals surface area contributed by atoms with Crippen molar-refractivity contribution in [1.29, 1.82) is 0 Å². The van der Waals surface area contributed by atoms with Gasteiger partial charge in [-0.1, -0.05) is 84.9 Å². The minimum atomic E-state index is -0.638. The molecule has 0 fully saturated rings. The molecule has 3 heterocycles. The third-order valence-electron chi connectivity index (χ3n) is 6.27. The van der Waals surface area contributed by atoms with Gasteiger partial charge in [0.1, 0.15) is 0 Å². The van der Waals surface area contributed by atoms with E-state index in [1.165, 1.54) is 15.9 Å². The Morgan fingerprint density at radius 1 is 0.378 bits per heavy atom. The fourth-order valence-corrected chi connectivity index (χ4v) is 6.72. The van der Waals surface area contributed by atoms with E-state index in [1.54, 1.807) is 24.8 Å². The van der Waals surface area contributed by atoms with E-state index in [0.29, 0.717) is 0 Å². The van der Waals surface area contributed by atoms with Gasteiger partial charge in [-0.3, -0.25) is 9.97 Å². The largest absolute Gasteiger partial charge is 0.265 e. The van der Waals surface area contributed by atoms with Gasteiger partial charge in [0.05, 0.1) is 11.4 Å². The molecule has 0 unspecified atom stereocenters. The number of nitrogens with zero attached hydrogens (tertiary/aromatic N) is 3. The Labute approximate surface area is 218 Å². The maximum absolute atomic E-state index is 4.97. The van der Waals surface area contributed by atoms with Crippen molar-refractivity contribution in [3.63, 3.8) is 0 Å². The molecule has 0 aliphatic carbocycles. The van der Waals surface area contributed by atoms with Crippen LogP contribution >= 0.6 is 7.92 Å². The predicted molar refractivity (Wildman–Crippen MR) is 155 cm³/mol. The Hall–Kier alpha value is -4.46. The zero-order valence-electron chi connectivity index (χ0n) is 20.1. The highest BCUT2D eigenvalue weighted by molar-refractivity contribution is 7.79. The Morgan fingerprint density at radius 3 is 1.27 bits per heavy atom. The van der Waals surface area contributed by atoms with Gasteiger partial charge in [0.2, 0.25) is 0 Å². The molecule has 3 aromatic heterocycles. The molecule has 3 nitrogen and oxygen atoms in total. The average Bonchev–Trinajstić information content (AvgIpc) is 2.99. The van der Waals surface area contributed by atoms with Gasteiger partial charge in [0.25, 0.3) is 0 Å². The topological polar surface area (TPSA) is 38.7 Å². The van der Waals surface area contributed by atoms with E-state index in [1.807, 2.05) is 24.3 Å². The molecular weight excluding hydrogens is 469 g/mol. The summed E-state index contributed by atoms with van der Waals surface area (Å²) in [5.74, 6) is 0.